The molecule has 0 bridgehead atoms. The molecule has 1 atom stereocenters. The summed E-state index contributed by atoms with van der Waals surface area (Å²) in [5, 5.41) is 13.2. The normalized spacial score (nSPS) is 13.9. The van der Waals surface area contributed by atoms with Crippen molar-refractivity contribution in [1.82, 2.24) is 4.98 Å². The number of fused-ring (bicyclic) bond motifs is 1. The van der Waals surface area contributed by atoms with Gasteiger partial charge in [0.05, 0.1) is 17.8 Å². The number of aromatic nitrogens is 1. The van der Waals surface area contributed by atoms with E-state index in [4.69, 9.17) is 9.47 Å². The van der Waals surface area contributed by atoms with Gasteiger partial charge in [-0.2, -0.15) is 0 Å². The second kappa shape index (κ2) is 10.5. The minimum Gasteiger partial charge on any atom is -0.490 e. The quantitative estimate of drug-likeness (QED) is 0.433. The van der Waals surface area contributed by atoms with Crippen LogP contribution in [0.15, 0.2) is 42.5 Å². The van der Waals surface area contributed by atoms with Crippen LogP contribution in [0.4, 0.5) is 11.4 Å². The number of anilines is 2. The molecule has 8 heteroatoms. The van der Waals surface area contributed by atoms with E-state index in [1.165, 1.54) is 0 Å². The first kappa shape index (κ1) is 27.1. The van der Waals surface area contributed by atoms with Crippen molar-refractivity contribution in [3.8, 4) is 16.9 Å². The van der Waals surface area contributed by atoms with Crippen LogP contribution in [0.25, 0.3) is 11.1 Å². The van der Waals surface area contributed by atoms with E-state index >= 15 is 0 Å². The summed E-state index contributed by atoms with van der Waals surface area (Å²) in [7, 11) is 1.99. The first-order valence-electron chi connectivity index (χ1n) is 12.6. The van der Waals surface area contributed by atoms with Crippen molar-refractivity contribution in [2.24, 2.45) is 0 Å². The Balaban J connectivity index is 1.92. The third-order valence-electron chi connectivity index (χ3n) is 6.49. The van der Waals surface area contributed by atoms with E-state index in [0.717, 1.165) is 29.1 Å². The van der Waals surface area contributed by atoms with Gasteiger partial charge < -0.3 is 24.8 Å². The molecule has 1 amide bonds. The van der Waals surface area contributed by atoms with Crippen molar-refractivity contribution >= 4 is 23.3 Å². The number of aryl methyl sites for hydroxylation is 2. The molecule has 0 saturated carbocycles. The number of carboxylic acids is 1. The van der Waals surface area contributed by atoms with E-state index in [-0.39, 0.29) is 11.6 Å². The number of rotatable bonds is 6. The summed E-state index contributed by atoms with van der Waals surface area (Å²) in [5.41, 5.74) is 4.90. The van der Waals surface area contributed by atoms with Crippen LogP contribution in [-0.2, 0) is 9.53 Å². The predicted molar refractivity (Wildman–Crippen MR) is 148 cm³/mol. The average Bonchev–Trinajstić information content (AvgIpc) is 2.84. The average molecular weight is 518 g/mol. The number of nitrogens with one attached hydrogen (secondary N) is 1. The Bertz CT molecular complexity index is 1380. The molecule has 2 aromatic carbocycles. The van der Waals surface area contributed by atoms with Crippen molar-refractivity contribution in [1.29, 1.82) is 0 Å². The molecule has 1 aromatic heterocycles. The predicted octanol–water partition coefficient (Wildman–Crippen LogP) is 5.70. The van der Waals surface area contributed by atoms with Gasteiger partial charge in [0.2, 0.25) is 0 Å². The van der Waals surface area contributed by atoms with E-state index in [2.05, 4.69) is 15.2 Å². The van der Waals surface area contributed by atoms with E-state index in [1.54, 1.807) is 13.8 Å². The molecule has 4 rings (SSSR count). The number of carbonyl (C=O) groups excluding carboxylic acids is 1. The summed E-state index contributed by atoms with van der Waals surface area (Å²) in [6, 6.07) is 13.2. The smallest absolute Gasteiger partial charge is 0.337 e. The number of benzene rings is 2. The second-order valence-corrected chi connectivity index (χ2v) is 10.7. The van der Waals surface area contributed by atoms with Crippen molar-refractivity contribution in [3.63, 3.8) is 0 Å². The number of nitrogens with zero attached hydrogens (tertiary/aromatic N) is 2. The first-order chi connectivity index (χ1) is 17.9. The minimum atomic E-state index is -1.28. The SMILES string of the molecule is Cc1ccc(NC(=O)c2nc(C)c([C@H](OC(C)(C)C)C(=O)O)c(-c3ccc4c(c3)N(C)CCO4)c2C)cc1. The molecule has 3 aromatic rings. The van der Waals surface area contributed by atoms with Crippen LogP contribution < -0.4 is 15.0 Å². The Hall–Kier alpha value is -3.91. The number of hydrogen-bond donors (Lipinski definition) is 2. The lowest BCUT2D eigenvalue weighted by atomic mass is 9.89. The topological polar surface area (TPSA) is 101 Å². The van der Waals surface area contributed by atoms with Gasteiger partial charge in [-0.05, 0) is 82.5 Å². The summed E-state index contributed by atoms with van der Waals surface area (Å²) in [6.45, 7) is 12.2. The van der Waals surface area contributed by atoms with Crippen LogP contribution in [0.3, 0.4) is 0 Å². The maximum Gasteiger partial charge on any atom is 0.337 e. The molecule has 0 radical (unpaired) electrons. The van der Waals surface area contributed by atoms with Crippen LogP contribution >= 0.6 is 0 Å². The van der Waals surface area contributed by atoms with Crippen molar-refractivity contribution in [2.45, 2.75) is 53.2 Å². The number of hydrogen-bond acceptors (Lipinski definition) is 6. The number of carbonyl (C=O) groups is 2. The molecule has 2 heterocycles. The first-order valence-corrected chi connectivity index (χ1v) is 12.6. The van der Waals surface area contributed by atoms with E-state index in [1.807, 2.05) is 77.2 Å². The van der Waals surface area contributed by atoms with Gasteiger partial charge in [0.25, 0.3) is 5.91 Å². The highest BCUT2D eigenvalue weighted by Crippen LogP contribution is 2.41. The summed E-state index contributed by atoms with van der Waals surface area (Å²) in [5.74, 6) is -0.740. The van der Waals surface area contributed by atoms with Crippen LogP contribution in [0.5, 0.6) is 5.75 Å². The highest BCUT2D eigenvalue weighted by Gasteiger charge is 2.34. The molecule has 200 valence electrons. The fourth-order valence-electron chi connectivity index (χ4n) is 4.65. The zero-order chi connectivity index (χ0) is 27.8. The van der Waals surface area contributed by atoms with Crippen molar-refractivity contribution in [2.75, 3.05) is 30.4 Å². The Morgan fingerprint density at radius 2 is 1.79 bits per heavy atom. The Morgan fingerprint density at radius 3 is 2.42 bits per heavy atom. The van der Waals surface area contributed by atoms with Gasteiger partial charge in [-0.1, -0.05) is 23.8 Å². The number of likely N-dealkylation sites (N-methyl/N-ethyl adjacent to an activating group) is 1. The van der Waals surface area contributed by atoms with Crippen molar-refractivity contribution < 1.29 is 24.2 Å². The standard InChI is InChI=1S/C30H35N3O5/c1-17-8-11-21(12-9-17)32-28(34)26-18(2)24(20-10-13-23-22(16-20)33(7)14-15-37-23)25(19(3)31-26)27(29(35)36)38-30(4,5)6/h8-13,16,27H,14-15H2,1-7H3,(H,32,34)(H,35,36)/t27-/m0/s1. The fourth-order valence-corrected chi connectivity index (χ4v) is 4.65. The van der Waals surface area contributed by atoms with Crippen LogP contribution in [0, 0.1) is 20.8 Å². The van der Waals surface area contributed by atoms with Gasteiger partial charge in [-0.15, -0.1) is 0 Å². The molecular weight excluding hydrogens is 482 g/mol. The zero-order valence-corrected chi connectivity index (χ0v) is 23.0. The largest absolute Gasteiger partial charge is 0.490 e. The maximum absolute atomic E-state index is 13.4. The lowest BCUT2D eigenvalue weighted by Gasteiger charge is -2.30. The Morgan fingerprint density at radius 1 is 1.11 bits per heavy atom. The highest BCUT2D eigenvalue weighted by molar-refractivity contribution is 6.05. The molecule has 1 aliphatic heterocycles. The molecule has 0 spiro atoms. The van der Waals surface area contributed by atoms with E-state index < -0.39 is 17.7 Å². The lowest BCUT2D eigenvalue weighted by Crippen LogP contribution is -2.29. The summed E-state index contributed by atoms with van der Waals surface area (Å²) >= 11 is 0. The van der Waals surface area contributed by atoms with Gasteiger partial charge in [0.15, 0.2) is 6.10 Å². The summed E-state index contributed by atoms with van der Waals surface area (Å²) < 4.78 is 11.9. The molecule has 0 aliphatic carbocycles. The Labute approximate surface area is 223 Å². The molecule has 2 N–H and O–H groups in total. The van der Waals surface area contributed by atoms with Crippen LogP contribution in [0.2, 0.25) is 0 Å². The van der Waals surface area contributed by atoms with E-state index in [9.17, 15) is 14.7 Å². The van der Waals surface area contributed by atoms with Gasteiger partial charge >= 0.3 is 5.97 Å². The van der Waals surface area contributed by atoms with Crippen molar-refractivity contribution in [3.05, 3.63) is 70.5 Å². The fraction of sp³-hybridized carbons (Fsp3) is 0.367. The number of pyridine rings is 1. The molecule has 38 heavy (non-hydrogen) atoms. The number of aliphatic carboxylic acids is 1. The number of amides is 1. The number of ether oxygens (including phenoxy) is 2. The Kier molecular flexibility index (Phi) is 7.47. The zero-order valence-electron chi connectivity index (χ0n) is 23.0. The minimum absolute atomic E-state index is 0.226. The third-order valence-corrected chi connectivity index (χ3v) is 6.49. The second-order valence-electron chi connectivity index (χ2n) is 10.7. The number of carboxylic acid groups (broad SMARTS) is 1. The van der Waals surface area contributed by atoms with Crippen LogP contribution in [0.1, 0.15) is 59.7 Å². The molecule has 1 aliphatic rings. The third kappa shape index (κ3) is 5.65. The summed E-state index contributed by atoms with van der Waals surface area (Å²) in [4.78, 5) is 32.7. The lowest BCUT2D eigenvalue weighted by molar-refractivity contribution is -0.160. The van der Waals surface area contributed by atoms with Gasteiger partial charge in [-0.25, -0.2) is 9.78 Å². The van der Waals surface area contributed by atoms with Gasteiger partial charge in [-0.3, -0.25) is 4.79 Å². The molecule has 0 fully saturated rings. The molecule has 0 saturated heterocycles. The molecule has 8 nitrogen and oxygen atoms in total. The van der Waals surface area contributed by atoms with Gasteiger partial charge in [0, 0.05) is 24.0 Å². The van der Waals surface area contributed by atoms with Crippen LogP contribution in [-0.4, -0.2) is 47.8 Å². The van der Waals surface area contributed by atoms with Gasteiger partial charge in [0.1, 0.15) is 18.1 Å². The maximum atomic E-state index is 13.4. The van der Waals surface area contributed by atoms with E-state index in [0.29, 0.717) is 34.7 Å². The molecular formula is C30H35N3O5. The highest BCUT2D eigenvalue weighted by atomic mass is 16.5. The summed E-state index contributed by atoms with van der Waals surface area (Å²) in [6.07, 6.45) is -1.28. The molecule has 0 unspecified atom stereocenters. The monoisotopic (exact) mass is 517 g/mol.